The second-order valence-electron chi connectivity index (χ2n) is 9.84. The van der Waals surface area contributed by atoms with E-state index >= 15 is 0 Å². The zero-order chi connectivity index (χ0) is 28.6. The number of rotatable bonds is 18. The lowest BCUT2D eigenvalue weighted by atomic mass is 10.1. The Bertz CT molecular complexity index is 943. The predicted molar refractivity (Wildman–Crippen MR) is 141 cm³/mol. The zero-order valence-electron chi connectivity index (χ0n) is 22.9. The Morgan fingerprint density at radius 3 is 1.92 bits per heavy atom. The lowest BCUT2D eigenvalue weighted by Gasteiger charge is -2.26. The summed E-state index contributed by atoms with van der Waals surface area (Å²) in [5.41, 5.74) is -0.622. The van der Waals surface area contributed by atoms with Crippen LogP contribution in [0.5, 0.6) is 0 Å². The Hall–Kier alpha value is -3.53. The summed E-state index contributed by atoms with van der Waals surface area (Å²) in [5.74, 6) is -1.86. The molecule has 0 unspecified atom stereocenters. The number of carbonyl (C=O) groups excluding carboxylic acids is 4. The Balaban J connectivity index is 2.58. The molecular weight excluding hydrogens is 492 g/mol. The molecule has 0 atom stereocenters. The highest BCUT2D eigenvalue weighted by molar-refractivity contribution is 5.81. The molecule has 0 aromatic carbocycles. The Morgan fingerprint density at radius 2 is 1.34 bits per heavy atom. The maximum Gasteiger partial charge on any atom is 0.330 e. The molecule has 1 aromatic heterocycles. The molecule has 0 aliphatic rings. The molecule has 0 saturated heterocycles. The normalized spacial score (nSPS) is 11.4. The van der Waals surface area contributed by atoms with Crippen LogP contribution in [0.2, 0.25) is 0 Å². The van der Waals surface area contributed by atoms with Gasteiger partial charge in [0, 0.05) is 57.0 Å². The van der Waals surface area contributed by atoms with E-state index in [0.29, 0.717) is 32.5 Å². The van der Waals surface area contributed by atoms with Crippen LogP contribution in [0.1, 0.15) is 58.9 Å². The molecule has 1 aromatic rings. The van der Waals surface area contributed by atoms with Crippen LogP contribution >= 0.6 is 0 Å². The lowest BCUT2D eigenvalue weighted by molar-refractivity contribution is -0.159. The van der Waals surface area contributed by atoms with Gasteiger partial charge < -0.3 is 18.9 Å². The first-order chi connectivity index (χ1) is 17.9. The monoisotopic (exact) mass is 532 g/mol. The molecule has 1 rings (SSSR count). The minimum Gasteiger partial charge on any atom is -0.465 e. The standard InChI is InChI=1S/C28H40N2O8/c1-7-23(31)35-19-13-28(5,6)38-26(34)12-18-30(21-22-9-15-29-16-10-22)17-11-25(33)36-20-14-27(3,4)37-24(32)8-2/h7-10,15-16H,1-2,11-14,17-21H2,3-6H3. The molecule has 0 saturated carbocycles. The summed E-state index contributed by atoms with van der Waals surface area (Å²) in [6, 6.07) is 3.73. The third kappa shape index (κ3) is 14.9. The first kappa shape index (κ1) is 32.5. The topological polar surface area (TPSA) is 121 Å². The van der Waals surface area contributed by atoms with E-state index < -0.39 is 35.1 Å². The van der Waals surface area contributed by atoms with E-state index in [0.717, 1.165) is 17.7 Å². The van der Waals surface area contributed by atoms with Gasteiger partial charge in [0.05, 0.1) is 26.1 Å². The van der Waals surface area contributed by atoms with Crippen LogP contribution in [0, 0.1) is 0 Å². The van der Waals surface area contributed by atoms with Gasteiger partial charge in [0.25, 0.3) is 0 Å². The van der Waals surface area contributed by atoms with Gasteiger partial charge in [0.1, 0.15) is 11.2 Å². The summed E-state index contributed by atoms with van der Waals surface area (Å²) in [6.07, 6.45) is 6.43. The minimum absolute atomic E-state index is 0.101. The van der Waals surface area contributed by atoms with E-state index in [1.54, 1.807) is 40.1 Å². The van der Waals surface area contributed by atoms with Crippen molar-refractivity contribution in [3.63, 3.8) is 0 Å². The van der Waals surface area contributed by atoms with Crippen molar-refractivity contribution in [1.82, 2.24) is 9.88 Å². The van der Waals surface area contributed by atoms with Gasteiger partial charge in [-0.05, 0) is 45.4 Å². The van der Waals surface area contributed by atoms with Crippen molar-refractivity contribution < 1.29 is 38.1 Å². The van der Waals surface area contributed by atoms with Gasteiger partial charge in [-0.25, -0.2) is 9.59 Å². The number of nitrogens with zero attached hydrogens (tertiary/aromatic N) is 2. The van der Waals surface area contributed by atoms with Gasteiger partial charge in [0.15, 0.2) is 0 Å². The molecule has 0 aliphatic carbocycles. The molecule has 210 valence electrons. The first-order valence-electron chi connectivity index (χ1n) is 12.5. The van der Waals surface area contributed by atoms with Gasteiger partial charge in [0.2, 0.25) is 0 Å². The summed E-state index contributed by atoms with van der Waals surface area (Å²) in [7, 11) is 0. The van der Waals surface area contributed by atoms with Gasteiger partial charge >= 0.3 is 23.9 Å². The third-order valence-corrected chi connectivity index (χ3v) is 5.44. The van der Waals surface area contributed by atoms with Gasteiger partial charge in [-0.2, -0.15) is 0 Å². The maximum atomic E-state index is 12.5. The van der Waals surface area contributed by atoms with Crippen molar-refractivity contribution in [2.24, 2.45) is 0 Å². The maximum absolute atomic E-state index is 12.5. The van der Waals surface area contributed by atoms with Crippen molar-refractivity contribution in [2.45, 2.75) is 71.1 Å². The summed E-state index contributed by atoms with van der Waals surface area (Å²) in [4.78, 5) is 53.5. The molecule has 0 aliphatic heterocycles. The van der Waals surface area contributed by atoms with Crippen molar-refractivity contribution in [3.05, 3.63) is 55.4 Å². The van der Waals surface area contributed by atoms with Crippen LogP contribution in [-0.4, -0.2) is 71.3 Å². The molecular formula is C28H40N2O8. The van der Waals surface area contributed by atoms with Gasteiger partial charge in [-0.3, -0.25) is 19.5 Å². The zero-order valence-corrected chi connectivity index (χ0v) is 22.9. The molecule has 0 bridgehead atoms. The van der Waals surface area contributed by atoms with Crippen LogP contribution in [-0.2, 0) is 44.7 Å². The number of carbonyl (C=O) groups is 4. The molecule has 38 heavy (non-hydrogen) atoms. The van der Waals surface area contributed by atoms with E-state index in [-0.39, 0.29) is 26.1 Å². The van der Waals surface area contributed by atoms with Crippen molar-refractivity contribution in [2.75, 3.05) is 26.3 Å². The largest absolute Gasteiger partial charge is 0.465 e. The molecule has 0 amide bonds. The molecule has 1 heterocycles. The third-order valence-electron chi connectivity index (χ3n) is 5.44. The fourth-order valence-corrected chi connectivity index (χ4v) is 3.23. The van der Waals surface area contributed by atoms with Gasteiger partial charge in [-0.1, -0.05) is 13.2 Å². The SMILES string of the molecule is C=CC(=O)OCCC(C)(C)OC(=O)CCN(CCC(=O)OCCC(C)(C)OC(=O)C=C)Cc1ccncc1. The fraction of sp³-hybridized carbons (Fsp3) is 0.536. The van der Waals surface area contributed by atoms with E-state index in [1.165, 1.54) is 0 Å². The van der Waals surface area contributed by atoms with Crippen LogP contribution in [0.4, 0.5) is 0 Å². The van der Waals surface area contributed by atoms with Crippen LogP contribution in [0.15, 0.2) is 49.8 Å². The quantitative estimate of drug-likeness (QED) is 0.158. The Morgan fingerprint density at radius 1 is 0.816 bits per heavy atom. The fourth-order valence-electron chi connectivity index (χ4n) is 3.23. The highest BCUT2D eigenvalue weighted by Crippen LogP contribution is 2.17. The lowest BCUT2D eigenvalue weighted by Crippen LogP contribution is -2.33. The van der Waals surface area contributed by atoms with E-state index in [4.69, 9.17) is 18.9 Å². The number of aromatic nitrogens is 1. The first-order valence-corrected chi connectivity index (χ1v) is 12.5. The number of pyridine rings is 1. The van der Waals surface area contributed by atoms with Crippen molar-refractivity contribution in [3.8, 4) is 0 Å². The smallest absolute Gasteiger partial charge is 0.330 e. The average Bonchev–Trinajstić information content (AvgIpc) is 2.85. The van der Waals surface area contributed by atoms with Crippen LogP contribution in [0.25, 0.3) is 0 Å². The molecule has 0 fully saturated rings. The molecule has 10 heteroatoms. The number of hydrogen-bond acceptors (Lipinski definition) is 10. The summed E-state index contributed by atoms with van der Waals surface area (Å²) in [5, 5.41) is 0. The summed E-state index contributed by atoms with van der Waals surface area (Å²) < 4.78 is 21.1. The van der Waals surface area contributed by atoms with Crippen LogP contribution < -0.4 is 0 Å². The van der Waals surface area contributed by atoms with Gasteiger partial charge in [-0.15, -0.1) is 0 Å². The molecule has 0 radical (unpaired) electrons. The molecule has 10 nitrogen and oxygen atoms in total. The molecule has 0 N–H and O–H groups in total. The van der Waals surface area contributed by atoms with E-state index in [9.17, 15) is 19.2 Å². The summed E-state index contributed by atoms with van der Waals surface area (Å²) >= 11 is 0. The predicted octanol–water partition coefficient (Wildman–Crippen LogP) is 3.55. The number of hydrogen-bond donors (Lipinski definition) is 0. The summed E-state index contributed by atoms with van der Waals surface area (Å²) in [6.45, 7) is 15.1. The van der Waals surface area contributed by atoms with Crippen molar-refractivity contribution >= 4 is 23.9 Å². The molecule has 0 spiro atoms. The van der Waals surface area contributed by atoms with Crippen molar-refractivity contribution in [1.29, 1.82) is 0 Å². The highest BCUT2D eigenvalue weighted by atomic mass is 16.6. The number of esters is 4. The van der Waals surface area contributed by atoms with E-state index in [2.05, 4.69) is 18.1 Å². The Labute approximate surface area is 225 Å². The minimum atomic E-state index is -0.813. The Kier molecular flexibility index (Phi) is 14.0. The highest BCUT2D eigenvalue weighted by Gasteiger charge is 2.24. The second kappa shape index (κ2) is 16.3. The van der Waals surface area contributed by atoms with E-state index in [1.807, 2.05) is 17.0 Å². The second-order valence-corrected chi connectivity index (χ2v) is 9.84. The number of ether oxygens (including phenoxy) is 4. The van der Waals surface area contributed by atoms with Crippen LogP contribution in [0.3, 0.4) is 0 Å². The average molecular weight is 533 g/mol.